The molecule has 0 fully saturated rings. The molecule has 3 rings (SSSR count). The summed E-state index contributed by atoms with van der Waals surface area (Å²) in [6.45, 7) is 4.85. The highest BCUT2D eigenvalue weighted by atomic mass is 35.5. The Morgan fingerprint density at radius 1 is 0.952 bits per heavy atom. The fraction of sp³-hybridized carbons (Fsp3) is 0.333. The minimum atomic E-state index is -4.31. The molecular formula is C30H34Cl2FN3O5S. The zero-order chi connectivity index (χ0) is 31.0. The van der Waals surface area contributed by atoms with Crippen molar-refractivity contribution < 1.29 is 27.1 Å². The third kappa shape index (κ3) is 8.14. The molecule has 12 heteroatoms. The Morgan fingerprint density at radius 3 is 2.14 bits per heavy atom. The molecule has 3 aromatic carbocycles. The molecule has 0 unspecified atom stereocenters. The molecule has 0 aliphatic carbocycles. The fourth-order valence-corrected chi connectivity index (χ4v) is 5.94. The summed E-state index contributed by atoms with van der Waals surface area (Å²) in [5.41, 5.74) is 0.672. The highest BCUT2D eigenvalue weighted by Gasteiger charge is 2.34. The van der Waals surface area contributed by atoms with E-state index in [0.29, 0.717) is 22.8 Å². The number of nitrogens with one attached hydrogen (secondary N) is 1. The van der Waals surface area contributed by atoms with Gasteiger partial charge in [-0.1, -0.05) is 43.1 Å². The monoisotopic (exact) mass is 637 g/mol. The molecule has 0 spiro atoms. The number of hydrogen-bond acceptors (Lipinski definition) is 5. The third-order valence-corrected chi connectivity index (χ3v) is 9.29. The maximum atomic E-state index is 14.1. The van der Waals surface area contributed by atoms with Crippen molar-refractivity contribution in [3.05, 3.63) is 88.2 Å². The normalized spacial score (nSPS) is 12.7. The van der Waals surface area contributed by atoms with Crippen molar-refractivity contribution in [1.82, 2.24) is 10.2 Å². The van der Waals surface area contributed by atoms with Crippen LogP contribution in [0.15, 0.2) is 71.6 Å². The smallest absolute Gasteiger partial charge is 0.264 e. The minimum Gasteiger partial charge on any atom is -0.497 e. The molecular weight excluding hydrogens is 604 g/mol. The van der Waals surface area contributed by atoms with Gasteiger partial charge in [-0.3, -0.25) is 13.9 Å². The highest BCUT2D eigenvalue weighted by molar-refractivity contribution is 7.92. The van der Waals surface area contributed by atoms with Crippen LogP contribution < -0.4 is 14.4 Å². The molecule has 226 valence electrons. The van der Waals surface area contributed by atoms with Crippen molar-refractivity contribution in [1.29, 1.82) is 0 Å². The standard InChI is InChI=1S/C30H34Cl2FN3O5S/c1-5-20(3)34-30(38)28(6-2)35(18-21-7-16-26(31)27(32)17-21)29(37)19-36(23-10-8-22(33)9-11-23)42(39,40)25-14-12-24(41-4)13-15-25/h7-17,20,28H,5-6,18-19H2,1-4H3,(H,34,38)/t20-,28-/m0/s1. The van der Waals surface area contributed by atoms with Crippen LogP contribution in [0.4, 0.5) is 10.1 Å². The molecule has 0 bridgehead atoms. The maximum absolute atomic E-state index is 14.1. The van der Waals surface area contributed by atoms with Crippen LogP contribution in [-0.4, -0.2) is 50.9 Å². The lowest BCUT2D eigenvalue weighted by Gasteiger charge is -2.33. The summed E-state index contributed by atoms with van der Waals surface area (Å²) < 4.78 is 47.6. The second-order valence-electron chi connectivity index (χ2n) is 9.68. The summed E-state index contributed by atoms with van der Waals surface area (Å²) in [6.07, 6.45) is 0.943. The van der Waals surface area contributed by atoms with Crippen molar-refractivity contribution in [3.63, 3.8) is 0 Å². The number of hydrogen-bond donors (Lipinski definition) is 1. The van der Waals surface area contributed by atoms with E-state index >= 15 is 0 Å². The first-order valence-corrected chi connectivity index (χ1v) is 15.6. The lowest BCUT2D eigenvalue weighted by molar-refractivity contribution is -0.140. The van der Waals surface area contributed by atoms with Gasteiger partial charge in [-0.25, -0.2) is 12.8 Å². The molecule has 0 aliphatic heterocycles. The maximum Gasteiger partial charge on any atom is 0.264 e. The number of anilines is 1. The Kier molecular flexibility index (Phi) is 11.6. The minimum absolute atomic E-state index is 0.0397. The van der Waals surface area contributed by atoms with E-state index in [0.717, 1.165) is 16.4 Å². The van der Waals surface area contributed by atoms with E-state index in [1.54, 1.807) is 25.1 Å². The largest absolute Gasteiger partial charge is 0.497 e. The van der Waals surface area contributed by atoms with Gasteiger partial charge in [0, 0.05) is 12.6 Å². The van der Waals surface area contributed by atoms with Crippen LogP contribution in [0.25, 0.3) is 0 Å². The molecule has 0 aromatic heterocycles. The Balaban J connectivity index is 2.07. The molecule has 42 heavy (non-hydrogen) atoms. The van der Waals surface area contributed by atoms with Crippen molar-refractivity contribution in [3.8, 4) is 5.75 Å². The van der Waals surface area contributed by atoms with Crippen molar-refractivity contribution >= 4 is 50.7 Å². The molecule has 0 radical (unpaired) electrons. The van der Waals surface area contributed by atoms with E-state index in [1.807, 2.05) is 13.8 Å². The molecule has 0 saturated carbocycles. The molecule has 2 amide bonds. The van der Waals surface area contributed by atoms with Gasteiger partial charge in [-0.05, 0) is 86.0 Å². The lowest BCUT2D eigenvalue weighted by Crippen LogP contribution is -2.53. The summed E-state index contributed by atoms with van der Waals surface area (Å²) in [7, 11) is -2.86. The Bertz CT molecular complexity index is 1490. The number of amides is 2. The Labute approximate surface area is 256 Å². The fourth-order valence-electron chi connectivity index (χ4n) is 4.21. The van der Waals surface area contributed by atoms with Crippen LogP contribution in [0.3, 0.4) is 0 Å². The summed E-state index contributed by atoms with van der Waals surface area (Å²) in [4.78, 5) is 28.6. The van der Waals surface area contributed by atoms with Crippen LogP contribution in [0.5, 0.6) is 5.75 Å². The average Bonchev–Trinajstić information content (AvgIpc) is 2.97. The number of ether oxygens (including phenoxy) is 1. The van der Waals surface area contributed by atoms with Crippen LogP contribution in [-0.2, 0) is 26.2 Å². The van der Waals surface area contributed by atoms with Crippen LogP contribution in [0.2, 0.25) is 10.0 Å². The predicted molar refractivity (Wildman–Crippen MR) is 163 cm³/mol. The van der Waals surface area contributed by atoms with E-state index in [-0.39, 0.29) is 40.5 Å². The van der Waals surface area contributed by atoms with Crippen LogP contribution >= 0.6 is 23.2 Å². The number of carbonyl (C=O) groups is 2. The van der Waals surface area contributed by atoms with Gasteiger partial charge in [0.2, 0.25) is 11.8 Å². The molecule has 2 atom stereocenters. The number of halogens is 3. The van der Waals surface area contributed by atoms with E-state index in [1.165, 1.54) is 48.4 Å². The SMILES string of the molecule is CC[C@H](C)NC(=O)[C@H](CC)N(Cc1ccc(Cl)c(Cl)c1)C(=O)CN(c1ccc(F)cc1)S(=O)(=O)c1ccc(OC)cc1. The summed E-state index contributed by atoms with van der Waals surface area (Å²) in [5, 5.41) is 3.51. The van der Waals surface area contributed by atoms with Gasteiger partial charge in [0.1, 0.15) is 24.2 Å². The topological polar surface area (TPSA) is 96.0 Å². The first-order chi connectivity index (χ1) is 19.9. The molecule has 1 N–H and O–H groups in total. The number of nitrogens with zero attached hydrogens (tertiary/aromatic N) is 2. The number of rotatable bonds is 13. The van der Waals surface area contributed by atoms with E-state index in [9.17, 15) is 22.4 Å². The zero-order valence-corrected chi connectivity index (χ0v) is 26.1. The summed E-state index contributed by atoms with van der Waals surface area (Å²) in [5.74, 6) is -1.13. The second-order valence-corrected chi connectivity index (χ2v) is 12.4. The molecule has 0 aliphatic rings. The zero-order valence-electron chi connectivity index (χ0n) is 23.8. The van der Waals surface area contributed by atoms with Crippen LogP contribution in [0, 0.1) is 5.82 Å². The van der Waals surface area contributed by atoms with E-state index in [4.69, 9.17) is 27.9 Å². The lowest BCUT2D eigenvalue weighted by atomic mass is 10.1. The molecule has 3 aromatic rings. The highest BCUT2D eigenvalue weighted by Crippen LogP contribution is 2.27. The molecule has 0 heterocycles. The molecule has 8 nitrogen and oxygen atoms in total. The molecule has 0 saturated heterocycles. The van der Waals surface area contributed by atoms with Gasteiger partial charge < -0.3 is 15.0 Å². The predicted octanol–water partition coefficient (Wildman–Crippen LogP) is 6.06. The van der Waals surface area contributed by atoms with Crippen molar-refractivity contribution in [2.45, 2.75) is 57.1 Å². The third-order valence-electron chi connectivity index (χ3n) is 6.76. The van der Waals surface area contributed by atoms with Gasteiger partial charge >= 0.3 is 0 Å². The Morgan fingerprint density at radius 2 is 1.60 bits per heavy atom. The Hall–Kier alpha value is -3.34. The summed E-state index contributed by atoms with van der Waals surface area (Å²) in [6, 6.07) is 14.3. The quantitative estimate of drug-likeness (QED) is 0.246. The summed E-state index contributed by atoms with van der Waals surface area (Å²) >= 11 is 12.3. The van der Waals surface area contributed by atoms with Gasteiger partial charge in [-0.15, -0.1) is 0 Å². The van der Waals surface area contributed by atoms with Crippen molar-refractivity contribution in [2.75, 3.05) is 18.0 Å². The van der Waals surface area contributed by atoms with Crippen LogP contribution in [0.1, 0.15) is 39.2 Å². The van der Waals surface area contributed by atoms with E-state index in [2.05, 4.69) is 5.32 Å². The van der Waals surface area contributed by atoms with E-state index < -0.39 is 34.3 Å². The van der Waals surface area contributed by atoms with Gasteiger partial charge in [-0.2, -0.15) is 0 Å². The number of methoxy groups -OCH3 is 1. The number of carbonyl (C=O) groups excluding carboxylic acids is 2. The second kappa shape index (κ2) is 14.7. The van der Waals surface area contributed by atoms with Crippen molar-refractivity contribution in [2.24, 2.45) is 0 Å². The number of benzene rings is 3. The number of sulfonamides is 1. The first-order valence-electron chi connectivity index (χ1n) is 13.4. The average molecular weight is 639 g/mol. The van der Waals surface area contributed by atoms with Gasteiger partial charge in [0.15, 0.2) is 0 Å². The van der Waals surface area contributed by atoms with Gasteiger partial charge in [0.05, 0.1) is 27.7 Å². The first kappa shape index (κ1) is 33.2. The van der Waals surface area contributed by atoms with Gasteiger partial charge in [0.25, 0.3) is 10.0 Å².